The summed E-state index contributed by atoms with van der Waals surface area (Å²) in [5.41, 5.74) is 0.738. The third-order valence-electron chi connectivity index (χ3n) is 5.19. The number of rotatable bonds is 3. The van der Waals surface area contributed by atoms with E-state index in [1.165, 1.54) is 12.1 Å². The first-order chi connectivity index (χ1) is 11.6. The molecular weight excluding hydrogens is 311 g/mol. The minimum atomic E-state index is -0.608. The molecule has 24 heavy (non-hydrogen) atoms. The van der Waals surface area contributed by atoms with Crippen LogP contribution in [-0.4, -0.2) is 66.8 Å². The van der Waals surface area contributed by atoms with Crippen LogP contribution in [0.15, 0.2) is 24.3 Å². The molecule has 0 aromatic heterocycles. The van der Waals surface area contributed by atoms with Crippen molar-refractivity contribution in [2.24, 2.45) is 5.92 Å². The van der Waals surface area contributed by atoms with Crippen LogP contribution in [0.1, 0.15) is 24.5 Å². The number of benzene rings is 1. The molecule has 0 saturated carbocycles. The highest BCUT2D eigenvalue weighted by Gasteiger charge is 2.34. The number of hydrogen-bond acceptors (Lipinski definition) is 4. The Morgan fingerprint density at radius 3 is 2.54 bits per heavy atom. The fourth-order valence-corrected chi connectivity index (χ4v) is 3.52. The fourth-order valence-electron chi connectivity index (χ4n) is 3.52. The second kappa shape index (κ2) is 7.59. The topological polar surface area (TPSA) is 53.0 Å². The predicted octanol–water partition coefficient (Wildman–Crippen LogP) is 1.43. The van der Waals surface area contributed by atoms with Crippen LogP contribution in [-0.2, 0) is 9.53 Å². The normalized spacial score (nSPS) is 24.8. The van der Waals surface area contributed by atoms with Crippen molar-refractivity contribution in [2.75, 3.05) is 39.9 Å². The maximum atomic E-state index is 13.0. The van der Waals surface area contributed by atoms with Crippen molar-refractivity contribution in [3.63, 3.8) is 0 Å². The van der Waals surface area contributed by atoms with E-state index in [1.807, 2.05) is 16.8 Å². The molecule has 5 nitrogen and oxygen atoms in total. The third kappa shape index (κ3) is 3.77. The van der Waals surface area contributed by atoms with E-state index in [1.54, 1.807) is 12.1 Å². The molecule has 0 bridgehead atoms. The van der Waals surface area contributed by atoms with Gasteiger partial charge in [0.25, 0.3) is 0 Å². The number of carbonyl (C=O) groups is 1. The first-order valence-corrected chi connectivity index (χ1v) is 8.56. The molecule has 2 aliphatic rings. The number of ether oxygens (including phenoxy) is 1. The van der Waals surface area contributed by atoms with Gasteiger partial charge in [-0.25, -0.2) is 4.39 Å². The minimum absolute atomic E-state index is 0.0971. The number of amides is 1. The molecule has 2 saturated heterocycles. The summed E-state index contributed by atoms with van der Waals surface area (Å²) in [6.07, 6.45) is 0.895. The Labute approximate surface area is 142 Å². The zero-order valence-corrected chi connectivity index (χ0v) is 14.0. The molecule has 0 spiro atoms. The van der Waals surface area contributed by atoms with Crippen LogP contribution in [0, 0.1) is 11.7 Å². The summed E-state index contributed by atoms with van der Waals surface area (Å²) in [6.45, 7) is 3.19. The monoisotopic (exact) mass is 336 g/mol. The molecule has 2 unspecified atom stereocenters. The maximum absolute atomic E-state index is 13.0. The molecule has 2 atom stereocenters. The summed E-state index contributed by atoms with van der Waals surface area (Å²) in [5.74, 6) is -0.0862. The molecule has 6 heteroatoms. The molecule has 3 rings (SSSR count). The molecule has 2 heterocycles. The molecule has 1 aromatic carbocycles. The Hall–Kier alpha value is -1.50. The van der Waals surface area contributed by atoms with Gasteiger partial charge in [-0.15, -0.1) is 0 Å². The average Bonchev–Trinajstić information content (AvgIpc) is 2.62. The van der Waals surface area contributed by atoms with E-state index in [-0.39, 0.29) is 23.7 Å². The second-order valence-corrected chi connectivity index (χ2v) is 6.73. The first kappa shape index (κ1) is 17.3. The van der Waals surface area contributed by atoms with Gasteiger partial charge in [0.1, 0.15) is 11.9 Å². The fraction of sp³-hybridized carbons (Fsp3) is 0.611. The Bertz CT molecular complexity index is 558. The Balaban J connectivity index is 1.55. The Kier molecular flexibility index (Phi) is 5.48. The Morgan fingerprint density at radius 1 is 1.25 bits per heavy atom. The van der Waals surface area contributed by atoms with Gasteiger partial charge >= 0.3 is 0 Å². The number of carbonyl (C=O) groups excluding carboxylic acids is 1. The number of aliphatic hydroxyl groups is 1. The smallest absolute Gasteiger partial charge is 0.242 e. The SMILES string of the molecule is CN1CCOCC1C(=O)N1CCC(C(O)c2ccc(F)cc2)CC1. The van der Waals surface area contributed by atoms with Gasteiger partial charge in [-0.05, 0) is 43.5 Å². The van der Waals surface area contributed by atoms with Crippen LogP contribution in [0.5, 0.6) is 0 Å². The summed E-state index contributed by atoms with van der Waals surface area (Å²) >= 11 is 0. The molecule has 2 aliphatic heterocycles. The van der Waals surface area contributed by atoms with Crippen LogP contribution in [0.4, 0.5) is 4.39 Å². The first-order valence-electron chi connectivity index (χ1n) is 8.56. The maximum Gasteiger partial charge on any atom is 0.242 e. The van der Waals surface area contributed by atoms with E-state index >= 15 is 0 Å². The van der Waals surface area contributed by atoms with Crippen molar-refractivity contribution < 1.29 is 19.0 Å². The van der Waals surface area contributed by atoms with E-state index in [0.717, 1.165) is 24.9 Å². The van der Waals surface area contributed by atoms with E-state index in [2.05, 4.69) is 0 Å². The predicted molar refractivity (Wildman–Crippen MR) is 87.9 cm³/mol. The summed E-state index contributed by atoms with van der Waals surface area (Å²) in [4.78, 5) is 16.6. The van der Waals surface area contributed by atoms with Gasteiger partial charge in [-0.1, -0.05) is 12.1 Å². The zero-order chi connectivity index (χ0) is 17.1. The number of nitrogens with zero attached hydrogens (tertiary/aromatic N) is 2. The average molecular weight is 336 g/mol. The number of piperidine rings is 1. The summed E-state index contributed by atoms with van der Waals surface area (Å²) in [5, 5.41) is 10.5. The molecule has 2 fully saturated rings. The lowest BCUT2D eigenvalue weighted by Crippen LogP contribution is -2.54. The summed E-state index contributed by atoms with van der Waals surface area (Å²) in [7, 11) is 1.95. The van der Waals surface area contributed by atoms with E-state index in [0.29, 0.717) is 26.3 Å². The quantitative estimate of drug-likeness (QED) is 0.907. The van der Waals surface area contributed by atoms with E-state index in [4.69, 9.17) is 4.74 Å². The van der Waals surface area contributed by atoms with Gasteiger partial charge < -0.3 is 14.7 Å². The van der Waals surface area contributed by atoms with Gasteiger partial charge in [-0.2, -0.15) is 0 Å². The number of hydrogen-bond donors (Lipinski definition) is 1. The molecule has 0 aliphatic carbocycles. The molecular formula is C18H25FN2O3. The van der Waals surface area contributed by atoms with Crippen molar-refractivity contribution >= 4 is 5.91 Å². The second-order valence-electron chi connectivity index (χ2n) is 6.73. The number of likely N-dealkylation sites (N-methyl/N-ethyl adjacent to an activating group) is 1. The number of morpholine rings is 1. The lowest BCUT2D eigenvalue weighted by molar-refractivity contribution is -0.144. The Morgan fingerprint density at radius 2 is 1.92 bits per heavy atom. The lowest BCUT2D eigenvalue weighted by Gasteiger charge is -2.39. The summed E-state index contributed by atoms with van der Waals surface area (Å²) < 4.78 is 18.4. The van der Waals surface area contributed by atoms with Crippen molar-refractivity contribution in [1.82, 2.24) is 9.80 Å². The van der Waals surface area contributed by atoms with Gasteiger partial charge in [0, 0.05) is 19.6 Å². The van der Waals surface area contributed by atoms with Gasteiger partial charge in [0.2, 0.25) is 5.91 Å². The van der Waals surface area contributed by atoms with Crippen molar-refractivity contribution in [3.8, 4) is 0 Å². The number of aliphatic hydroxyl groups excluding tert-OH is 1. The van der Waals surface area contributed by atoms with Crippen LogP contribution in [0.3, 0.4) is 0 Å². The van der Waals surface area contributed by atoms with Crippen LogP contribution in [0.25, 0.3) is 0 Å². The standard InChI is InChI=1S/C18H25FN2O3/c1-20-10-11-24-12-16(20)18(23)21-8-6-14(7-9-21)17(22)13-2-4-15(19)5-3-13/h2-5,14,16-17,22H,6-12H2,1H3. The van der Waals surface area contributed by atoms with Gasteiger partial charge in [0.05, 0.1) is 19.3 Å². The van der Waals surface area contributed by atoms with Crippen LogP contribution in [0.2, 0.25) is 0 Å². The van der Waals surface area contributed by atoms with E-state index < -0.39 is 6.10 Å². The lowest BCUT2D eigenvalue weighted by atomic mass is 9.87. The van der Waals surface area contributed by atoms with Gasteiger partial charge in [-0.3, -0.25) is 9.69 Å². The molecule has 1 N–H and O–H groups in total. The van der Waals surface area contributed by atoms with Crippen molar-refractivity contribution in [1.29, 1.82) is 0 Å². The molecule has 1 aromatic rings. The minimum Gasteiger partial charge on any atom is -0.388 e. The highest BCUT2D eigenvalue weighted by molar-refractivity contribution is 5.82. The largest absolute Gasteiger partial charge is 0.388 e. The van der Waals surface area contributed by atoms with Crippen LogP contribution < -0.4 is 0 Å². The number of halogens is 1. The van der Waals surface area contributed by atoms with Gasteiger partial charge in [0.15, 0.2) is 0 Å². The highest BCUT2D eigenvalue weighted by atomic mass is 19.1. The van der Waals surface area contributed by atoms with E-state index in [9.17, 15) is 14.3 Å². The zero-order valence-electron chi connectivity index (χ0n) is 14.0. The van der Waals surface area contributed by atoms with Crippen molar-refractivity contribution in [2.45, 2.75) is 25.0 Å². The highest BCUT2D eigenvalue weighted by Crippen LogP contribution is 2.31. The third-order valence-corrected chi connectivity index (χ3v) is 5.19. The van der Waals surface area contributed by atoms with Crippen molar-refractivity contribution in [3.05, 3.63) is 35.6 Å². The summed E-state index contributed by atoms with van der Waals surface area (Å²) in [6, 6.07) is 5.81. The molecule has 132 valence electrons. The molecule has 0 radical (unpaired) electrons. The van der Waals surface area contributed by atoms with Crippen LogP contribution >= 0.6 is 0 Å². The number of likely N-dealkylation sites (tertiary alicyclic amines) is 1. The molecule has 1 amide bonds.